The molecule has 0 N–H and O–H groups in total. The third-order valence-electron chi connectivity index (χ3n) is 2.62. The van der Waals surface area contributed by atoms with Crippen LogP contribution in [0.25, 0.3) is 0 Å². The predicted octanol–water partition coefficient (Wildman–Crippen LogP) is 2.48. The van der Waals surface area contributed by atoms with E-state index in [1.165, 1.54) is 0 Å². The summed E-state index contributed by atoms with van der Waals surface area (Å²) >= 11 is 0. The van der Waals surface area contributed by atoms with Crippen LogP contribution in [0.1, 0.15) is 11.3 Å². The smallest absolute Gasteiger partial charge is 0.207 e. The molecule has 2 rings (SSSR count). The Morgan fingerprint density at radius 3 is 2.58 bits per heavy atom. The molecule has 0 saturated carbocycles. The molecule has 5 heteroatoms. The molecule has 5 nitrogen and oxygen atoms in total. The van der Waals surface area contributed by atoms with E-state index in [9.17, 15) is 10.1 Å². The molecular weight excluding hydrogens is 244 g/mol. The lowest BCUT2D eigenvalue weighted by Gasteiger charge is -2.06. The van der Waals surface area contributed by atoms with Crippen LogP contribution < -0.4 is 4.74 Å². The van der Waals surface area contributed by atoms with E-state index in [0.717, 1.165) is 17.0 Å². The number of aromatic nitrogens is 1. The van der Waals surface area contributed by atoms with Crippen molar-refractivity contribution in [3.63, 3.8) is 0 Å². The van der Waals surface area contributed by atoms with Gasteiger partial charge in [0.05, 0.1) is 5.69 Å². The predicted molar refractivity (Wildman–Crippen MR) is 70.6 cm³/mol. The summed E-state index contributed by atoms with van der Waals surface area (Å²) in [5.41, 5.74) is 1.79. The van der Waals surface area contributed by atoms with Crippen molar-refractivity contribution in [3.05, 3.63) is 70.0 Å². The van der Waals surface area contributed by atoms with Crippen molar-refractivity contribution in [2.45, 2.75) is 13.0 Å². The number of pyridine rings is 1. The molecule has 0 saturated heterocycles. The summed E-state index contributed by atoms with van der Waals surface area (Å²) < 4.78 is 5.58. The van der Waals surface area contributed by atoms with Crippen LogP contribution in [-0.2, 0) is 13.0 Å². The van der Waals surface area contributed by atoms with E-state index in [1.54, 1.807) is 6.20 Å². The van der Waals surface area contributed by atoms with E-state index < -0.39 is 0 Å². The van der Waals surface area contributed by atoms with Gasteiger partial charge in [-0.05, 0) is 29.8 Å². The van der Waals surface area contributed by atoms with Gasteiger partial charge >= 0.3 is 0 Å². The molecule has 0 aliphatic carbocycles. The van der Waals surface area contributed by atoms with Crippen LogP contribution in [0.5, 0.6) is 5.75 Å². The van der Waals surface area contributed by atoms with E-state index in [2.05, 4.69) is 4.98 Å². The van der Waals surface area contributed by atoms with Crippen LogP contribution in [0.15, 0.2) is 48.7 Å². The van der Waals surface area contributed by atoms with Gasteiger partial charge in [0.15, 0.2) is 0 Å². The maximum atomic E-state index is 10.3. The topological polar surface area (TPSA) is 65.3 Å². The summed E-state index contributed by atoms with van der Waals surface area (Å²) in [5, 5.41) is 10.3. The molecule has 0 aliphatic rings. The van der Waals surface area contributed by atoms with Gasteiger partial charge in [-0.15, -0.1) is 0 Å². The van der Waals surface area contributed by atoms with Gasteiger partial charge in [0, 0.05) is 17.5 Å². The minimum absolute atomic E-state index is 0.0475. The first-order valence-corrected chi connectivity index (χ1v) is 5.97. The van der Waals surface area contributed by atoms with Gasteiger partial charge in [-0.25, -0.2) is 0 Å². The molecule has 98 valence electrons. The van der Waals surface area contributed by atoms with Crippen molar-refractivity contribution < 1.29 is 9.66 Å². The number of nitrogens with zero attached hydrogens (tertiary/aromatic N) is 2. The highest BCUT2D eigenvalue weighted by atomic mass is 16.6. The fourth-order valence-corrected chi connectivity index (χ4v) is 1.61. The van der Waals surface area contributed by atoms with Gasteiger partial charge in [0.2, 0.25) is 6.54 Å². The lowest BCUT2D eigenvalue weighted by Crippen LogP contribution is -2.03. The van der Waals surface area contributed by atoms with Gasteiger partial charge in [-0.1, -0.05) is 18.2 Å². The zero-order chi connectivity index (χ0) is 13.5. The van der Waals surface area contributed by atoms with E-state index in [1.807, 2.05) is 42.5 Å². The highest BCUT2D eigenvalue weighted by Crippen LogP contribution is 2.14. The maximum absolute atomic E-state index is 10.3. The van der Waals surface area contributed by atoms with Crippen LogP contribution in [-0.4, -0.2) is 16.5 Å². The minimum atomic E-state index is -0.314. The first-order chi connectivity index (χ1) is 9.24. The van der Waals surface area contributed by atoms with E-state index in [0.29, 0.717) is 13.0 Å². The van der Waals surface area contributed by atoms with Crippen LogP contribution >= 0.6 is 0 Å². The molecule has 1 aromatic carbocycles. The Morgan fingerprint density at radius 2 is 1.95 bits per heavy atom. The van der Waals surface area contributed by atoms with Crippen molar-refractivity contribution in [2.24, 2.45) is 0 Å². The molecule has 0 amide bonds. The largest absolute Gasteiger partial charge is 0.487 e. The first kappa shape index (κ1) is 13.0. The van der Waals surface area contributed by atoms with Crippen molar-refractivity contribution >= 4 is 0 Å². The standard InChI is InChI=1S/C14H14N2O3/c17-16(18)10-8-12-4-6-14(7-5-12)19-11-13-3-1-2-9-15-13/h1-7,9H,8,10-11H2. The maximum Gasteiger partial charge on any atom is 0.207 e. The summed E-state index contributed by atoms with van der Waals surface area (Å²) in [7, 11) is 0. The Bertz CT molecular complexity index is 526. The van der Waals surface area contributed by atoms with E-state index in [-0.39, 0.29) is 11.5 Å². The number of rotatable bonds is 6. The zero-order valence-corrected chi connectivity index (χ0v) is 10.4. The molecule has 0 spiro atoms. The van der Waals surface area contributed by atoms with Gasteiger partial charge in [0.25, 0.3) is 0 Å². The second kappa shape index (κ2) is 6.49. The molecule has 0 atom stereocenters. The number of hydrogen-bond acceptors (Lipinski definition) is 4. The van der Waals surface area contributed by atoms with Gasteiger partial charge < -0.3 is 4.74 Å². The van der Waals surface area contributed by atoms with Gasteiger partial charge in [-0.3, -0.25) is 15.1 Å². The number of hydrogen-bond donors (Lipinski definition) is 0. The van der Waals surface area contributed by atoms with E-state index in [4.69, 9.17) is 4.74 Å². The fourth-order valence-electron chi connectivity index (χ4n) is 1.61. The lowest BCUT2D eigenvalue weighted by atomic mass is 10.1. The molecule has 0 bridgehead atoms. The van der Waals surface area contributed by atoms with E-state index >= 15 is 0 Å². The molecular formula is C14H14N2O3. The summed E-state index contributed by atoms with van der Waals surface area (Å²) in [5.74, 6) is 0.732. The van der Waals surface area contributed by atoms with Crippen LogP contribution in [0, 0.1) is 10.1 Å². The van der Waals surface area contributed by atoms with Gasteiger partial charge in [-0.2, -0.15) is 0 Å². The average Bonchev–Trinajstić information content (AvgIpc) is 2.45. The van der Waals surface area contributed by atoms with Crippen molar-refractivity contribution in [2.75, 3.05) is 6.54 Å². The molecule has 1 aromatic heterocycles. The monoisotopic (exact) mass is 258 g/mol. The molecule has 2 aromatic rings. The highest BCUT2D eigenvalue weighted by Gasteiger charge is 2.01. The normalized spacial score (nSPS) is 10.1. The summed E-state index contributed by atoms with van der Waals surface area (Å²) in [6, 6.07) is 13.0. The third-order valence-corrected chi connectivity index (χ3v) is 2.62. The SMILES string of the molecule is O=[N+]([O-])CCc1ccc(OCc2ccccn2)cc1. The fraction of sp³-hybridized carbons (Fsp3) is 0.214. The third kappa shape index (κ3) is 4.39. The van der Waals surface area contributed by atoms with Crippen LogP contribution in [0.3, 0.4) is 0 Å². The number of nitro groups is 1. The molecule has 0 unspecified atom stereocenters. The first-order valence-electron chi connectivity index (χ1n) is 5.97. The Kier molecular flexibility index (Phi) is 4.44. The highest BCUT2D eigenvalue weighted by molar-refractivity contribution is 5.27. The zero-order valence-electron chi connectivity index (χ0n) is 10.4. The second-order valence-corrected chi connectivity index (χ2v) is 4.06. The second-order valence-electron chi connectivity index (χ2n) is 4.06. The average molecular weight is 258 g/mol. The summed E-state index contributed by atoms with van der Waals surface area (Å²) in [6.45, 7) is 0.364. The van der Waals surface area contributed by atoms with Crippen LogP contribution in [0.2, 0.25) is 0 Å². The summed E-state index contributed by atoms with van der Waals surface area (Å²) in [6.07, 6.45) is 2.16. The molecule has 0 radical (unpaired) electrons. The van der Waals surface area contributed by atoms with Crippen LogP contribution in [0.4, 0.5) is 0 Å². The molecule has 19 heavy (non-hydrogen) atoms. The Morgan fingerprint density at radius 1 is 1.16 bits per heavy atom. The minimum Gasteiger partial charge on any atom is -0.487 e. The Balaban J connectivity index is 1.86. The van der Waals surface area contributed by atoms with Crippen molar-refractivity contribution in [1.29, 1.82) is 0 Å². The molecule has 1 heterocycles. The Hall–Kier alpha value is -2.43. The number of benzene rings is 1. The number of ether oxygens (including phenoxy) is 1. The van der Waals surface area contributed by atoms with Crippen molar-refractivity contribution in [3.8, 4) is 5.75 Å². The lowest BCUT2D eigenvalue weighted by molar-refractivity contribution is -0.479. The quantitative estimate of drug-likeness (QED) is 0.589. The summed E-state index contributed by atoms with van der Waals surface area (Å²) in [4.78, 5) is 14.1. The van der Waals surface area contributed by atoms with Gasteiger partial charge in [0.1, 0.15) is 12.4 Å². The molecule has 0 fully saturated rings. The Labute approximate surface area is 111 Å². The van der Waals surface area contributed by atoms with Crippen molar-refractivity contribution in [1.82, 2.24) is 4.98 Å². The molecule has 0 aliphatic heterocycles.